The minimum absolute atomic E-state index is 0.184. The summed E-state index contributed by atoms with van der Waals surface area (Å²) >= 11 is 0. The summed E-state index contributed by atoms with van der Waals surface area (Å²) < 4.78 is 9.88. The quantitative estimate of drug-likeness (QED) is 0.806. The van der Waals surface area contributed by atoms with Crippen molar-refractivity contribution < 1.29 is 9.47 Å². The van der Waals surface area contributed by atoms with Crippen LogP contribution in [0.25, 0.3) is 0 Å². The molecule has 2 rings (SSSR count). The molecule has 0 unspecified atom stereocenters. The number of methoxy groups -OCH3 is 2. The van der Waals surface area contributed by atoms with E-state index in [1.165, 1.54) is 14.2 Å². The molecular weight excluding hydrogens is 236 g/mol. The van der Waals surface area contributed by atoms with Crippen molar-refractivity contribution >= 4 is 5.95 Å². The van der Waals surface area contributed by atoms with Gasteiger partial charge in [0.25, 0.3) is 0 Å². The molecule has 0 aliphatic carbocycles. The van der Waals surface area contributed by atoms with Crippen molar-refractivity contribution in [3.05, 3.63) is 24.0 Å². The van der Waals surface area contributed by atoms with Crippen LogP contribution >= 0.6 is 0 Å². The van der Waals surface area contributed by atoms with E-state index in [9.17, 15) is 0 Å². The lowest BCUT2D eigenvalue weighted by molar-refractivity contribution is 0.341. The van der Waals surface area contributed by atoms with Gasteiger partial charge in [0.2, 0.25) is 5.95 Å². The zero-order valence-electron chi connectivity index (χ0n) is 9.99. The van der Waals surface area contributed by atoms with Crippen LogP contribution in [0.4, 0.5) is 5.95 Å². The number of nitrogens with one attached hydrogen (secondary N) is 1. The minimum atomic E-state index is 0.184. The van der Waals surface area contributed by atoms with E-state index < -0.39 is 0 Å². The van der Waals surface area contributed by atoms with Gasteiger partial charge in [0.1, 0.15) is 0 Å². The average molecular weight is 248 g/mol. The molecule has 0 aliphatic rings. The fourth-order valence-corrected chi connectivity index (χ4v) is 1.20. The SMILES string of the molecule is COc1nc(NCc2cccnn2)nc(OC)n1. The van der Waals surface area contributed by atoms with Crippen molar-refractivity contribution in [3.63, 3.8) is 0 Å². The molecular formula is C10H12N6O2. The first-order chi connectivity index (χ1) is 8.81. The summed E-state index contributed by atoms with van der Waals surface area (Å²) in [6.07, 6.45) is 1.61. The van der Waals surface area contributed by atoms with E-state index >= 15 is 0 Å². The van der Waals surface area contributed by atoms with Crippen LogP contribution in [0.5, 0.6) is 12.0 Å². The Kier molecular flexibility index (Phi) is 3.79. The van der Waals surface area contributed by atoms with Gasteiger partial charge >= 0.3 is 12.0 Å². The number of aromatic nitrogens is 5. The Hall–Kier alpha value is -2.51. The van der Waals surface area contributed by atoms with Gasteiger partial charge < -0.3 is 14.8 Å². The molecule has 0 saturated heterocycles. The third kappa shape index (κ3) is 3.00. The molecule has 0 radical (unpaired) electrons. The standard InChI is InChI=1S/C10H12N6O2/c1-17-9-13-8(14-10(15-9)18-2)11-6-7-4-3-5-12-16-7/h3-5H,6H2,1-2H3,(H,11,13,14,15). The van der Waals surface area contributed by atoms with Crippen LogP contribution in [-0.2, 0) is 6.54 Å². The molecule has 2 aromatic rings. The Morgan fingerprint density at radius 2 is 1.83 bits per heavy atom. The van der Waals surface area contributed by atoms with E-state index in [2.05, 4.69) is 30.5 Å². The van der Waals surface area contributed by atoms with Crippen LogP contribution in [0.2, 0.25) is 0 Å². The monoisotopic (exact) mass is 248 g/mol. The minimum Gasteiger partial charge on any atom is -0.467 e. The lowest BCUT2D eigenvalue weighted by Crippen LogP contribution is -2.08. The normalized spacial score (nSPS) is 9.89. The van der Waals surface area contributed by atoms with Crippen LogP contribution in [0.3, 0.4) is 0 Å². The number of anilines is 1. The Balaban J connectivity index is 2.09. The second kappa shape index (κ2) is 5.71. The maximum atomic E-state index is 4.94. The van der Waals surface area contributed by atoms with E-state index in [1.807, 2.05) is 6.07 Å². The smallest absolute Gasteiger partial charge is 0.324 e. The molecule has 94 valence electrons. The van der Waals surface area contributed by atoms with Gasteiger partial charge in [0.15, 0.2) is 0 Å². The maximum absolute atomic E-state index is 4.94. The largest absolute Gasteiger partial charge is 0.467 e. The third-order valence-corrected chi connectivity index (χ3v) is 2.01. The highest BCUT2D eigenvalue weighted by Crippen LogP contribution is 2.12. The number of hydrogen-bond donors (Lipinski definition) is 1. The van der Waals surface area contributed by atoms with Crippen LogP contribution in [0.15, 0.2) is 18.3 Å². The molecule has 0 atom stereocenters. The first-order valence-electron chi connectivity index (χ1n) is 5.16. The van der Waals surface area contributed by atoms with Crippen molar-refractivity contribution in [2.75, 3.05) is 19.5 Å². The van der Waals surface area contributed by atoms with E-state index in [4.69, 9.17) is 9.47 Å². The van der Waals surface area contributed by atoms with Crippen molar-refractivity contribution in [2.45, 2.75) is 6.54 Å². The molecule has 8 heteroatoms. The molecule has 0 amide bonds. The summed E-state index contributed by atoms with van der Waals surface area (Å²) in [6, 6.07) is 4.01. The fraction of sp³-hybridized carbons (Fsp3) is 0.300. The Morgan fingerprint density at radius 1 is 1.11 bits per heavy atom. The lowest BCUT2D eigenvalue weighted by atomic mass is 10.4. The molecule has 18 heavy (non-hydrogen) atoms. The maximum Gasteiger partial charge on any atom is 0.324 e. The summed E-state index contributed by atoms with van der Waals surface area (Å²) in [5, 5.41) is 10.7. The summed E-state index contributed by atoms with van der Waals surface area (Å²) in [6.45, 7) is 0.449. The van der Waals surface area contributed by atoms with Crippen LogP contribution < -0.4 is 14.8 Å². The Labute approximate surface area is 103 Å². The third-order valence-electron chi connectivity index (χ3n) is 2.01. The molecule has 2 aromatic heterocycles. The topological polar surface area (TPSA) is 94.9 Å². The number of rotatable bonds is 5. The second-order valence-corrected chi connectivity index (χ2v) is 3.20. The summed E-state index contributed by atoms with van der Waals surface area (Å²) in [7, 11) is 2.95. The van der Waals surface area contributed by atoms with Gasteiger partial charge in [-0.05, 0) is 12.1 Å². The predicted octanol–water partition coefficient (Wildman–Crippen LogP) is 0.291. The van der Waals surface area contributed by atoms with Crippen LogP contribution in [0, 0.1) is 0 Å². The summed E-state index contributed by atoms with van der Waals surface area (Å²) in [5.41, 5.74) is 0.774. The van der Waals surface area contributed by atoms with Gasteiger partial charge in [-0.2, -0.15) is 20.2 Å². The van der Waals surface area contributed by atoms with Gasteiger partial charge in [-0.1, -0.05) is 0 Å². The van der Waals surface area contributed by atoms with E-state index in [0.29, 0.717) is 12.5 Å². The highest BCUT2D eigenvalue weighted by Gasteiger charge is 2.06. The molecule has 0 aromatic carbocycles. The molecule has 0 aliphatic heterocycles. The zero-order valence-corrected chi connectivity index (χ0v) is 9.99. The van der Waals surface area contributed by atoms with Gasteiger partial charge in [0, 0.05) is 6.20 Å². The van der Waals surface area contributed by atoms with Crippen molar-refractivity contribution in [3.8, 4) is 12.0 Å². The molecule has 0 saturated carbocycles. The van der Waals surface area contributed by atoms with Crippen LogP contribution in [0.1, 0.15) is 5.69 Å². The number of ether oxygens (including phenoxy) is 2. The molecule has 0 bridgehead atoms. The molecule has 0 spiro atoms. The number of nitrogens with zero attached hydrogens (tertiary/aromatic N) is 5. The highest BCUT2D eigenvalue weighted by atomic mass is 16.5. The van der Waals surface area contributed by atoms with Crippen molar-refractivity contribution in [1.82, 2.24) is 25.1 Å². The van der Waals surface area contributed by atoms with Gasteiger partial charge in [-0.25, -0.2) is 0 Å². The Bertz CT molecular complexity index is 485. The number of hydrogen-bond acceptors (Lipinski definition) is 8. The lowest BCUT2D eigenvalue weighted by Gasteiger charge is -2.06. The van der Waals surface area contributed by atoms with E-state index in [-0.39, 0.29) is 12.0 Å². The van der Waals surface area contributed by atoms with E-state index in [1.54, 1.807) is 12.3 Å². The highest BCUT2D eigenvalue weighted by molar-refractivity contribution is 5.28. The zero-order chi connectivity index (χ0) is 12.8. The summed E-state index contributed by atoms with van der Waals surface area (Å²) in [4.78, 5) is 12.0. The predicted molar refractivity (Wildman–Crippen MR) is 62.3 cm³/mol. The molecule has 2 heterocycles. The first kappa shape index (κ1) is 12.0. The Morgan fingerprint density at radius 3 is 2.39 bits per heavy atom. The first-order valence-corrected chi connectivity index (χ1v) is 5.16. The average Bonchev–Trinajstić information content (AvgIpc) is 2.45. The van der Waals surface area contributed by atoms with Crippen molar-refractivity contribution in [1.29, 1.82) is 0 Å². The van der Waals surface area contributed by atoms with Gasteiger partial charge in [0.05, 0.1) is 26.5 Å². The van der Waals surface area contributed by atoms with Crippen molar-refractivity contribution in [2.24, 2.45) is 0 Å². The van der Waals surface area contributed by atoms with Gasteiger partial charge in [-0.3, -0.25) is 0 Å². The van der Waals surface area contributed by atoms with Gasteiger partial charge in [-0.15, -0.1) is 4.98 Å². The molecule has 0 fully saturated rings. The molecule has 1 N–H and O–H groups in total. The van der Waals surface area contributed by atoms with Crippen LogP contribution in [-0.4, -0.2) is 39.4 Å². The molecule has 8 nitrogen and oxygen atoms in total. The fourth-order valence-electron chi connectivity index (χ4n) is 1.20. The summed E-state index contributed by atoms with van der Waals surface area (Å²) in [5.74, 6) is 0.351. The van der Waals surface area contributed by atoms with E-state index in [0.717, 1.165) is 5.69 Å². The second-order valence-electron chi connectivity index (χ2n) is 3.20.